The Morgan fingerprint density at radius 1 is 0.963 bits per heavy atom. The summed E-state index contributed by atoms with van der Waals surface area (Å²) in [7, 11) is -3.75. The van der Waals surface area contributed by atoms with Crippen molar-refractivity contribution in [1.82, 2.24) is 14.6 Å². The molecule has 7 heteroatoms. The van der Waals surface area contributed by atoms with E-state index in [0.717, 1.165) is 17.0 Å². The van der Waals surface area contributed by atoms with Crippen LogP contribution in [0.25, 0.3) is 16.9 Å². The number of fused-ring (bicyclic) bond motifs is 1. The van der Waals surface area contributed by atoms with Crippen LogP contribution in [-0.2, 0) is 9.84 Å². The molecule has 0 saturated carbocycles. The van der Waals surface area contributed by atoms with E-state index in [1.165, 1.54) is 11.8 Å². The molecule has 0 amide bonds. The summed E-state index contributed by atoms with van der Waals surface area (Å²) in [5.74, 6) is 0. The third kappa shape index (κ3) is 3.02. The molecule has 0 aliphatic rings. The van der Waals surface area contributed by atoms with Gasteiger partial charge in [0.1, 0.15) is 5.03 Å². The summed E-state index contributed by atoms with van der Waals surface area (Å²) in [6.07, 6.45) is 1.82. The highest BCUT2D eigenvalue weighted by Crippen LogP contribution is 2.33. The Hall–Kier alpha value is -2.64. The summed E-state index contributed by atoms with van der Waals surface area (Å²) in [6.45, 7) is 1.90. The van der Waals surface area contributed by atoms with Crippen LogP contribution >= 0.6 is 11.8 Å². The normalized spacial score (nSPS) is 11.8. The van der Waals surface area contributed by atoms with E-state index in [0.29, 0.717) is 10.7 Å². The Bertz CT molecular complexity index is 1220. The van der Waals surface area contributed by atoms with Crippen LogP contribution in [0.2, 0.25) is 0 Å². The average Bonchev–Trinajstić information content (AvgIpc) is 3.09. The van der Waals surface area contributed by atoms with Crippen molar-refractivity contribution in [3.05, 3.63) is 72.4 Å². The van der Waals surface area contributed by atoms with Crippen LogP contribution in [0.4, 0.5) is 0 Å². The SMILES string of the molecule is CSc1nn2c(C)cc(-c3ccccc3)nc2c1S(=O)(=O)c1ccccc1. The predicted molar refractivity (Wildman–Crippen MR) is 107 cm³/mol. The zero-order valence-corrected chi connectivity index (χ0v) is 16.5. The Morgan fingerprint density at radius 3 is 2.22 bits per heavy atom. The van der Waals surface area contributed by atoms with Crippen molar-refractivity contribution in [2.24, 2.45) is 0 Å². The maximum Gasteiger partial charge on any atom is 0.213 e. The summed E-state index contributed by atoms with van der Waals surface area (Å²) in [6, 6.07) is 20.0. The molecule has 0 spiro atoms. The molecule has 0 radical (unpaired) electrons. The third-order valence-electron chi connectivity index (χ3n) is 4.28. The maximum atomic E-state index is 13.3. The van der Waals surface area contributed by atoms with Gasteiger partial charge in [0.2, 0.25) is 9.84 Å². The summed E-state index contributed by atoms with van der Waals surface area (Å²) >= 11 is 1.30. The van der Waals surface area contributed by atoms with Gasteiger partial charge in [-0.3, -0.25) is 0 Å². The number of rotatable bonds is 4. The van der Waals surface area contributed by atoms with Crippen molar-refractivity contribution >= 4 is 27.2 Å². The van der Waals surface area contributed by atoms with E-state index in [9.17, 15) is 8.42 Å². The number of aryl methyl sites for hydroxylation is 1. The summed E-state index contributed by atoms with van der Waals surface area (Å²) < 4.78 is 28.3. The molecule has 0 N–H and O–H groups in total. The molecular formula is C20H17N3O2S2. The number of hydrogen-bond donors (Lipinski definition) is 0. The zero-order chi connectivity index (χ0) is 19.0. The summed E-state index contributed by atoms with van der Waals surface area (Å²) in [5, 5.41) is 4.94. The topological polar surface area (TPSA) is 64.3 Å². The average molecular weight is 396 g/mol. The molecule has 0 atom stereocenters. The van der Waals surface area contributed by atoms with Crippen LogP contribution in [0.5, 0.6) is 0 Å². The lowest BCUT2D eigenvalue weighted by Gasteiger charge is -2.07. The lowest BCUT2D eigenvalue weighted by molar-refractivity contribution is 0.594. The van der Waals surface area contributed by atoms with E-state index < -0.39 is 9.84 Å². The third-order valence-corrected chi connectivity index (χ3v) is 6.89. The second-order valence-corrected chi connectivity index (χ2v) is 8.72. The maximum absolute atomic E-state index is 13.3. The van der Waals surface area contributed by atoms with Gasteiger partial charge < -0.3 is 0 Å². The van der Waals surface area contributed by atoms with Gasteiger partial charge >= 0.3 is 0 Å². The quantitative estimate of drug-likeness (QED) is 0.483. The second kappa shape index (κ2) is 6.83. The van der Waals surface area contributed by atoms with Gasteiger partial charge in [0.25, 0.3) is 0 Å². The van der Waals surface area contributed by atoms with Gasteiger partial charge in [0.15, 0.2) is 10.5 Å². The predicted octanol–water partition coefficient (Wildman–Crippen LogP) is 4.26. The van der Waals surface area contributed by atoms with Crippen molar-refractivity contribution in [1.29, 1.82) is 0 Å². The smallest absolute Gasteiger partial charge is 0.213 e. The molecule has 2 heterocycles. The van der Waals surface area contributed by atoms with E-state index in [1.54, 1.807) is 34.8 Å². The van der Waals surface area contributed by atoms with Gasteiger partial charge in [0, 0.05) is 11.3 Å². The largest absolute Gasteiger partial charge is 0.227 e. The molecule has 4 aromatic rings. The molecule has 0 saturated heterocycles. The molecule has 27 heavy (non-hydrogen) atoms. The van der Waals surface area contributed by atoms with Gasteiger partial charge in [-0.2, -0.15) is 5.10 Å². The highest BCUT2D eigenvalue weighted by Gasteiger charge is 2.29. The standard InChI is InChI=1S/C20H17N3O2S2/c1-14-13-17(15-9-5-3-6-10-15)21-19-18(20(26-2)22-23(14)19)27(24,25)16-11-7-4-8-12-16/h3-13H,1-2H3. The monoisotopic (exact) mass is 395 g/mol. The van der Waals surface area contributed by atoms with E-state index in [2.05, 4.69) is 10.1 Å². The van der Waals surface area contributed by atoms with Gasteiger partial charge in [-0.05, 0) is 31.4 Å². The van der Waals surface area contributed by atoms with Crippen molar-refractivity contribution in [3.63, 3.8) is 0 Å². The lowest BCUT2D eigenvalue weighted by atomic mass is 10.1. The second-order valence-electron chi connectivity index (χ2n) is 6.04. The number of hydrogen-bond acceptors (Lipinski definition) is 5. The molecule has 0 unspecified atom stereocenters. The van der Waals surface area contributed by atoms with Crippen molar-refractivity contribution in [3.8, 4) is 11.3 Å². The van der Waals surface area contributed by atoms with Crippen LogP contribution in [0, 0.1) is 6.92 Å². The van der Waals surface area contributed by atoms with E-state index >= 15 is 0 Å². The number of benzene rings is 2. The zero-order valence-electron chi connectivity index (χ0n) is 14.8. The molecule has 2 aromatic heterocycles. The fraction of sp³-hybridized carbons (Fsp3) is 0.100. The molecular weight excluding hydrogens is 378 g/mol. The molecule has 136 valence electrons. The number of aromatic nitrogens is 3. The highest BCUT2D eigenvalue weighted by atomic mass is 32.2. The number of thioether (sulfide) groups is 1. The first-order valence-corrected chi connectivity index (χ1v) is 11.0. The first-order chi connectivity index (χ1) is 13.0. The van der Waals surface area contributed by atoms with E-state index in [-0.39, 0.29) is 9.79 Å². The summed E-state index contributed by atoms with van der Waals surface area (Å²) in [5.41, 5.74) is 2.82. The van der Waals surface area contributed by atoms with Crippen LogP contribution in [-0.4, -0.2) is 29.3 Å². The van der Waals surface area contributed by atoms with Crippen LogP contribution < -0.4 is 0 Å². The van der Waals surface area contributed by atoms with Gasteiger partial charge in [-0.1, -0.05) is 48.5 Å². The minimum Gasteiger partial charge on any atom is -0.227 e. The van der Waals surface area contributed by atoms with Crippen LogP contribution in [0.15, 0.2) is 81.5 Å². The summed E-state index contributed by atoms with van der Waals surface area (Å²) in [4.78, 5) is 5.07. The Morgan fingerprint density at radius 2 is 1.59 bits per heavy atom. The van der Waals surface area contributed by atoms with Crippen LogP contribution in [0.1, 0.15) is 5.69 Å². The Labute approximate surface area is 162 Å². The highest BCUT2D eigenvalue weighted by molar-refractivity contribution is 7.99. The van der Waals surface area contributed by atoms with Crippen molar-refractivity contribution < 1.29 is 8.42 Å². The Balaban J connectivity index is 2.04. The molecule has 0 aliphatic carbocycles. The minimum atomic E-state index is -3.75. The van der Waals surface area contributed by atoms with Gasteiger partial charge in [-0.15, -0.1) is 11.8 Å². The lowest BCUT2D eigenvalue weighted by Crippen LogP contribution is -2.04. The van der Waals surface area contributed by atoms with Crippen molar-refractivity contribution in [2.75, 3.05) is 6.26 Å². The number of sulfone groups is 1. The first kappa shape index (κ1) is 17.8. The fourth-order valence-electron chi connectivity index (χ4n) is 2.97. The van der Waals surface area contributed by atoms with Gasteiger partial charge in [0.05, 0.1) is 10.6 Å². The van der Waals surface area contributed by atoms with Gasteiger partial charge in [-0.25, -0.2) is 17.9 Å². The molecule has 2 aromatic carbocycles. The molecule has 0 aliphatic heterocycles. The molecule has 0 bridgehead atoms. The first-order valence-electron chi connectivity index (χ1n) is 8.32. The number of nitrogens with zero attached hydrogens (tertiary/aromatic N) is 3. The van der Waals surface area contributed by atoms with Crippen LogP contribution in [0.3, 0.4) is 0 Å². The van der Waals surface area contributed by atoms with E-state index in [4.69, 9.17) is 0 Å². The molecule has 4 rings (SSSR count). The van der Waals surface area contributed by atoms with Crippen molar-refractivity contribution in [2.45, 2.75) is 21.7 Å². The minimum absolute atomic E-state index is 0.155. The molecule has 5 nitrogen and oxygen atoms in total. The molecule has 0 fully saturated rings. The fourth-order valence-corrected chi connectivity index (χ4v) is 5.38. The van der Waals surface area contributed by atoms with E-state index in [1.807, 2.05) is 49.6 Å². The Kier molecular flexibility index (Phi) is 4.49.